The van der Waals surface area contributed by atoms with Crippen molar-refractivity contribution in [2.45, 2.75) is 26.2 Å². The first-order valence-corrected chi connectivity index (χ1v) is 9.27. The minimum absolute atomic E-state index is 0.119. The van der Waals surface area contributed by atoms with Crippen molar-refractivity contribution < 1.29 is 9.59 Å². The van der Waals surface area contributed by atoms with Crippen LogP contribution in [0.2, 0.25) is 10.0 Å². The second-order valence-electron chi connectivity index (χ2n) is 6.73. The Hall–Kier alpha value is -2.04. The van der Waals surface area contributed by atoms with E-state index < -0.39 is 5.92 Å². The lowest BCUT2D eigenvalue weighted by atomic mass is 10.0. The van der Waals surface area contributed by atoms with E-state index in [-0.39, 0.29) is 18.2 Å². The third kappa shape index (κ3) is 3.87. The van der Waals surface area contributed by atoms with Crippen LogP contribution in [-0.4, -0.2) is 18.4 Å². The normalized spacial score (nSPS) is 17.0. The third-order valence-electron chi connectivity index (χ3n) is 4.54. The molecule has 1 atom stereocenters. The summed E-state index contributed by atoms with van der Waals surface area (Å²) in [7, 11) is 0. The van der Waals surface area contributed by atoms with Gasteiger partial charge in [0, 0.05) is 23.7 Å². The maximum atomic E-state index is 12.7. The van der Waals surface area contributed by atoms with Crippen molar-refractivity contribution in [3.63, 3.8) is 0 Å². The predicted octanol–water partition coefficient (Wildman–Crippen LogP) is 5.11. The standard InChI is InChI=1S/C20H20Cl2N2O2/c1-12(2)15-5-3-4-6-17(15)23-20(26)13-9-19(25)24(11-13)18-8-7-14(21)10-16(18)22/h3-8,10,12-13H,9,11H2,1-2H3,(H,23,26). The molecule has 2 amide bonds. The van der Waals surface area contributed by atoms with Crippen LogP contribution >= 0.6 is 23.2 Å². The number of benzene rings is 2. The molecule has 0 radical (unpaired) electrons. The number of nitrogens with one attached hydrogen (secondary N) is 1. The van der Waals surface area contributed by atoms with Gasteiger partial charge in [0.15, 0.2) is 0 Å². The fourth-order valence-corrected chi connectivity index (χ4v) is 3.68. The molecule has 0 bridgehead atoms. The van der Waals surface area contributed by atoms with Crippen molar-refractivity contribution in [2.24, 2.45) is 5.92 Å². The molecule has 26 heavy (non-hydrogen) atoms. The molecule has 1 fully saturated rings. The van der Waals surface area contributed by atoms with Crippen molar-refractivity contribution in [1.82, 2.24) is 0 Å². The van der Waals surface area contributed by atoms with Crippen molar-refractivity contribution in [1.29, 1.82) is 0 Å². The van der Waals surface area contributed by atoms with E-state index >= 15 is 0 Å². The van der Waals surface area contributed by atoms with Gasteiger partial charge in [-0.1, -0.05) is 55.2 Å². The number of hydrogen-bond donors (Lipinski definition) is 1. The minimum atomic E-state index is -0.422. The lowest BCUT2D eigenvalue weighted by Crippen LogP contribution is -2.28. The lowest BCUT2D eigenvalue weighted by molar-refractivity contribution is -0.122. The number of rotatable bonds is 4. The van der Waals surface area contributed by atoms with E-state index in [4.69, 9.17) is 23.2 Å². The van der Waals surface area contributed by atoms with E-state index in [0.717, 1.165) is 11.3 Å². The summed E-state index contributed by atoms with van der Waals surface area (Å²) >= 11 is 12.1. The van der Waals surface area contributed by atoms with Crippen LogP contribution in [0.25, 0.3) is 0 Å². The van der Waals surface area contributed by atoms with Crippen LogP contribution in [-0.2, 0) is 9.59 Å². The second kappa shape index (κ2) is 7.68. The summed E-state index contributed by atoms with van der Waals surface area (Å²) in [5, 5.41) is 3.88. The molecule has 6 heteroatoms. The van der Waals surface area contributed by atoms with E-state index in [0.29, 0.717) is 28.2 Å². The summed E-state index contributed by atoms with van der Waals surface area (Å²) in [4.78, 5) is 26.7. The second-order valence-corrected chi connectivity index (χ2v) is 7.58. The zero-order valence-corrected chi connectivity index (χ0v) is 16.1. The largest absolute Gasteiger partial charge is 0.326 e. The molecule has 4 nitrogen and oxygen atoms in total. The number of halogens is 2. The molecule has 0 aliphatic carbocycles. The summed E-state index contributed by atoms with van der Waals surface area (Å²) < 4.78 is 0. The number of anilines is 2. The molecule has 1 N–H and O–H groups in total. The summed E-state index contributed by atoms with van der Waals surface area (Å²) in [6, 6.07) is 12.7. The molecule has 0 spiro atoms. The zero-order valence-electron chi connectivity index (χ0n) is 14.6. The number of para-hydroxylation sites is 1. The molecule has 2 aromatic rings. The number of hydrogen-bond acceptors (Lipinski definition) is 2. The van der Waals surface area contributed by atoms with E-state index in [2.05, 4.69) is 19.2 Å². The molecule has 1 unspecified atom stereocenters. The number of amides is 2. The maximum absolute atomic E-state index is 12.7. The van der Waals surface area contributed by atoms with E-state index in [9.17, 15) is 9.59 Å². The lowest BCUT2D eigenvalue weighted by Gasteiger charge is -2.19. The highest BCUT2D eigenvalue weighted by Crippen LogP contribution is 2.34. The molecule has 0 aromatic heterocycles. The van der Waals surface area contributed by atoms with Gasteiger partial charge in [0.25, 0.3) is 0 Å². The first-order chi connectivity index (χ1) is 12.4. The SMILES string of the molecule is CC(C)c1ccccc1NC(=O)C1CC(=O)N(c2ccc(Cl)cc2Cl)C1. The van der Waals surface area contributed by atoms with E-state index in [1.54, 1.807) is 23.1 Å². The van der Waals surface area contributed by atoms with Crippen LogP contribution in [0.4, 0.5) is 11.4 Å². The minimum Gasteiger partial charge on any atom is -0.326 e. The summed E-state index contributed by atoms with van der Waals surface area (Å²) in [6.07, 6.45) is 0.161. The highest BCUT2D eigenvalue weighted by molar-refractivity contribution is 6.36. The Labute approximate surface area is 163 Å². The predicted molar refractivity (Wildman–Crippen MR) is 106 cm³/mol. The molecule has 1 saturated heterocycles. The van der Waals surface area contributed by atoms with Gasteiger partial charge in [-0.05, 0) is 35.7 Å². The highest BCUT2D eigenvalue weighted by Gasteiger charge is 2.36. The first-order valence-electron chi connectivity index (χ1n) is 8.52. The van der Waals surface area contributed by atoms with Crippen LogP contribution in [0, 0.1) is 5.92 Å². The van der Waals surface area contributed by atoms with Crippen LogP contribution < -0.4 is 10.2 Å². The molecular weight excluding hydrogens is 371 g/mol. The Morgan fingerprint density at radius 1 is 1.19 bits per heavy atom. The maximum Gasteiger partial charge on any atom is 0.229 e. The quantitative estimate of drug-likeness (QED) is 0.788. The molecule has 1 heterocycles. The smallest absolute Gasteiger partial charge is 0.229 e. The molecule has 1 aliphatic rings. The number of carbonyl (C=O) groups is 2. The Balaban J connectivity index is 1.75. The van der Waals surface area contributed by atoms with Gasteiger partial charge in [0.2, 0.25) is 11.8 Å². The first kappa shape index (κ1) is 18.7. The van der Waals surface area contributed by atoms with Gasteiger partial charge in [-0.2, -0.15) is 0 Å². The number of nitrogens with zero attached hydrogens (tertiary/aromatic N) is 1. The topological polar surface area (TPSA) is 49.4 Å². The van der Waals surface area contributed by atoms with Gasteiger partial charge in [0.05, 0.1) is 16.6 Å². The Bertz CT molecular complexity index is 851. The van der Waals surface area contributed by atoms with Crippen molar-refractivity contribution in [3.05, 3.63) is 58.1 Å². The van der Waals surface area contributed by atoms with Crippen LogP contribution in [0.1, 0.15) is 31.7 Å². The van der Waals surface area contributed by atoms with Crippen molar-refractivity contribution in [2.75, 3.05) is 16.8 Å². The summed E-state index contributed by atoms with van der Waals surface area (Å²) in [5.74, 6) is -0.402. The monoisotopic (exact) mass is 390 g/mol. The molecule has 136 valence electrons. The average molecular weight is 391 g/mol. The van der Waals surface area contributed by atoms with Gasteiger partial charge in [0.1, 0.15) is 0 Å². The summed E-state index contributed by atoms with van der Waals surface area (Å²) in [6.45, 7) is 4.46. The molecule has 2 aromatic carbocycles. The van der Waals surface area contributed by atoms with Crippen LogP contribution in [0.15, 0.2) is 42.5 Å². The van der Waals surface area contributed by atoms with E-state index in [1.165, 1.54) is 0 Å². The highest BCUT2D eigenvalue weighted by atomic mass is 35.5. The Kier molecular flexibility index (Phi) is 5.54. The van der Waals surface area contributed by atoms with Crippen LogP contribution in [0.5, 0.6) is 0 Å². The molecule has 3 rings (SSSR count). The average Bonchev–Trinajstić information content (AvgIpc) is 2.97. The third-order valence-corrected chi connectivity index (χ3v) is 5.07. The van der Waals surface area contributed by atoms with E-state index in [1.807, 2.05) is 24.3 Å². The van der Waals surface area contributed by atoms with Gasteiger partial charge >= 0.3 is 0 Å². The fourth-order valence-electron chi connectivity index (χ4n) is 3.17. The Morgan fingerprint density at radius 2 is 1.92 bits per heavy atom. The van der Waals surface area contributed by atoms with Crippen molar-refractivity contribution >= 4 is 46.4 Å². The van der Waals surface area contributed by atoms with Gasteiger partial charge in [-0.3, -0.25) is 9.59 Å². The molecule has 0 saturated carbocycles. The van der Waals surface area contributed by atoms with Gasteiger partial charge < -0.3 is 10.2 Å². The number of carbonyl (C=O) groups excluding carboxylic acids is 2. The van der Waals surface area contributed by atoms with Crippen LogP contribution in [0.3, 0.4) is 0 Å². The zero-order chi connectivity index (χ0) is 18.8. The van der Waals surface area contributed by atoms with Crippen molar-refractivity contribution in [3.8, 4) is 0 Å². The van der Waals surface area contributed by atoms with Gasteiger partial charge in [-0.15, -0.1) is 0 Å². The Morgan fingerprint density at radius 3 is 2.62 bits per heavy atom. The molecule has 1 aliphatic heterocycles. The van der Waals surface area contributed by atoms with Gasteiger partial charge in [-0.25, -0.2) is 0 Å². The fraction of sp³-hybridized carbons (Fsp3) is 0.300. The molecular formula is C20H20Cl2N2O2. The summed E-state index contributed by atoms with van der Waals surface area (Å²) in [5.41, 5.74) is 2.45.